The lowest BCUT2D eigenvalue weighted by atomic mass is 10.1. The Morgan fingerprint density at radius 3 is 2.77 bits per heavy atom. The van der Waals surface area contributed by atoms with Crippen LogP contribution in [0.2, 0.25) is 0 Å². The molecular weight excluding hydrogens is 399 g/mol. The quantitative estimate of drug-likeness (QED) is 0.501. The second kappa shape index (κ2) is 5.82. The monoisotopic (exact) mass is 413 g/mol. The predicted molar refractivity (Wildman–Crippen MR) is 98.6 cm³/mol. The lowest BCUT2D eigenvalue weighted by molar-refractivity contribution is -0.286. The van der Waals surface area contributed by atoms with E-state index < -0.39 is 6.29 Å². The van der Waals surface area contributed by atoms with Crippen molar-refractivity contribution in [3.8, 4) is 11.5 Å². The van der Waals surface area contributed by atoms with Crippen molar-refractivity contribution in [2.24, 2.45) is 0 Å². The zero-order valence-electron chi connectivity index (χ0n) is 15.7. The Kier molecular flexibility index (Phi) is 3.39. The van der Waals surface area contributed by atoms with Gasteiger partial charge in [-0.2, -0.15) is 4.52 Å². The highest BCUT2D eigenvalue weighted by molar-refractivity contribution is 5.96. The molecule has 0 radical (unpaired) electrons. The fourth-order valence-corrected chi connectivity index (χ4v) is 4.07. The Hall–Kier alpha value is -3.40. The van der Waals surface area contributed by atoms with E-state index in [1.165, 1.54) is 12.1 Å². The number of hydrogen-bond donors (Lipinski definition) is 0. The molecule has 0 aliphatic carbocycles. The molecule has 0 N–H and O–H groups in total. The van der Waals surface area contributed by atoms with E-state index in [0.717, 1.165) is 11.1 Å². The Bertz CT molecular complexity index is 1350. The van der Waals surface area contributed by atoms with Crippen LogP contribution in [0.5, 0.6) is 11.5 Å². The van der Waals surface area contributed by atoms with Crippen LogP contribution in [0, 0.1) is 12.7 Å². The fraction of sp³-hybridized carbons (Fsp3) is 0.250. The first kappa shape index (κ1) is 17.5. The Morgan fingerprint density at radius 2 is 1.90 bits per heavy atom. The van der Waals surface area contributed by atoms with Gasteiger partial charge in [0.1, 0.15) is 17.2 Å². The molecule has 0 amide bonds. The lowest BCUT2D eigenvalue weighted by Crippen LogP contribution is -2.26. The van der Waals surface area contributed by atoms with Gasteiger partial charge in [0, 0.05) is 18.5 Å². The summed E-state index contributed by atoms with van der Waals surface area (Å²) in [7, 11) is 0. The van der Waals surface area contributed by atoms with Crippen molar-refractivity contribution in [3.05, 3.63) is 58.9 Å². The molecule has 0 unspecified atom stereocenters. The van der Waals surface area contributed by atoms with Crippen LogP contribution in [0.25, 0.3) is 16.6 Å². The molecule has 0 fully saturated rings. The third-order valence-electron chi connectivity index (χ3n) is 5.34. The number of nitrogens with zero attached hydrogens (tertiary/aromatic N) is 5. The van der Waals surface area contributed by atoms with Gasteiger partial charge in [-0.1, -0.05) is 6.07 Å². The molecule has 4 heterocycles. The summed E-state index contributed by atoms with van der Waals surface area (Å²) in [5, 5.41) is 5.07. The zero-order valence-corrected chi connectivity index (χ0v) is 15.7. The van der Waals surface area contributed by atoms with E-state index in [9.17, 15) is 13.2 Å². The Balaban J connectivity index is 1.39. The molecule has 0 atom stereocenters. The standard InChI is InChI=1S/C20H14F3N5O2/c1-10-24-17-14(4-5-15-18(17)30-20(22,23)29-15)19-25-16(26-28(10)19)9-27-7-11-2-3-13(21)6-12(11)8-27/h2-6H,7-9H2,1H3. The molecule has 10 heteroatoms. The van der Waals surface area contributed by atoms with E-state index in [1.807, 2.05) is 0 Å². The number of ether oxygens (including phenoxy) is 2. The summed E-state index contributed by atoms with van der Waals surface area (Å²) in [6.07, 6.45) is -3.72. The number of alkyl halides is 2. The van der Waals surface area contributed by atoms with Crippen molar-refractivity contribution in [2.75, 3.05) is 0 Å². The Labute approximate surface area is 167 Å². The number of halogens is 3. The minimum absolute atomic E-state index is 0.0643. The summed E-state index contributed by atoms with van der Waals surface area (Å²) in [5.74, 6) is 0.619. The highest BCUT2D eigenvalue weighted by Crippen LogP contribution is 2.45. The van der Waals surface area contributed by atoms with Crippen molar-refractivity contribution >= 4 is 16.6 Å². The van der Waals surface area contributed by atoms with Gasteiger partial charge in [-0.3, -0.25) is 4.90 Å². The fourth-order valence-electron chi connectivity index (χ4n) is 4.07. The molecule has 7 nitrogen and oxygen atoms in total. The van der Waals surface area contributed by atoms with Gasteiger partial charge in [0.15, 0.2) is 23.0 Å². The summed E-state index contributed by atoms with van der Waals surface area (Å²) in [5.41, 5.74) is 2.78. The van der Waals surface area contributed by atoms with Crippen LogP contribution in [0.15, 0.2) is 30.3 Å². The van der Waals surface area contributed by atoms with E-state index >= 15 is 0 Å². The van der Waals surface area contributed by atoms with E-state index in [4.69, 9.17) is 0 Å². The highest BCUT2D eigenvalue weighted by atomic mass is 19.3. The van der Waals surface area contributed by atoms with Gasteiger partial charge < -0.3 is 9.47 Å². The predicted octanol–water partition coefficient (Wildman–Crippen LogP) is 3.56. The zero-order chi connectivity index (χ0) is 20.6. The summed E-state index contributed by atoms with van der Waals surface area (Å²) in [4.78, 5) is 11.1. The van der Waals surface area contributed by atoms with E-state index in [2.05, 4.69) is 29.4 Å². The molecule has 0 spiro atoms. The maximum Gasteiger partial charge on any atom is 0.586 e. The molecule has 0 bridgehead atoms. The molecule has 2 aromatic carbocycles. The summed E-state index contributed by atoms with van der Waals surface area (Å²) in [6.45, 7) is 3.46. The smallest absolute Gasteiger partial charge is 0.395 e. The number of hydrogen-bond acceptors (Lipinski definition) is 6. The van der Waals surface area contributed by atoms with Gasteiger partial charge in [0.25, 0.3) is 0 Å². The summed E-state index contributed by atoms with van der Waals surface area (Å²) < 4.78 is 51.3. The van der Waals surface area contributed by atoms with Crippen LogP contribution in [0.1, 0.15) is 22.8 Å². The van der Waals surface area contributed by atoms with Crippen LogP contribution in [0.3, 0.4) is 0 Å². The SMILES string of the molecule is Cc1nc2c3c(ccc2c2nc(CN4Cc5ccc(F)cc5C4)nn12)OC(F)(F)O3. The third kappa shape index (κ3) is 2.60. The van der Waals surface area contributed by atoms with Crippen LogP contribution in [0.4, 0.5) is 13.2 Å². The van der Waals surface area contributed by atoms with Gasteiger partial charge in [-0.15, -0.1) is 13.9 Å². The molecule has 2 aliphatic rings. The van der Waals surface area contributed by atoms with E-state index in [0.29, 0.717) is 42.3 Å². The number of aromatic nitrogens is 4. The largest absolute Gasteiger partial charge is 0.586 e. The average molecular weight is 413 g/mol. The molecule has 2 aromatic heterocycles. The molecular formula is C20H14F3N5O2. The van der Waals surface area contributed by atoms with Crippen LogP contribution < -0.4 is 9.47 Å². The molecule has 30 heavy (non-hydrogen) atoms. The Morgan fingerprint density at radius 1 is 1.07 bits per heavy atom. The first-order valence-electron chi connectivity index (χ1n) is 9.31. The van der Waals surface area contributed by atoms with Crippen LogP contribution in [-0.2, 0) is 19.6 Å². The van der Waals surface area contributed by atoms with E-state index in [-0.39, 0.29) is 22.8 Å². The van der Waals surface area contributed by atoms with Gasteiger partial charge in [-0.25, -0.2) is 14.4 Å². The van der Waals surface area contributed by atoms with E-state index in [1.54, 1.807) is 29.6 Å². The average Bonchev–Trinajstić information content (AvgIpc) is 3.35. The molecule has 0 saturated heterocycles. The van der Waals surface area contributed by atoms with Gasteiger partial charge in [0.2, 0.25) is 0 Å². The number of aryl methyl sites for hydroxylation is 1. The molecule has 6 rings (SSSR count). The molecule has 0 saturated carbocycles. The molecule has 2 aliphatic heterocycles. The molecule has 152 valence electrons. The highest BCUT2D eigenvalue weighted by Gasteiger charge is 2.44. The van der Waals surface area contributed by atoms with Crippen molar-refractivity contribution in [3.63, 3.8) is 0 Å². The van der Waals surface area contributed by atoms with Crippen molar-refractivity contribution in [1.82, 2.24) is 24.5 Å². The number of benzene rings is 2. The summed E-state index contributed by atoms with van der Waals surface area (Å²) >= 11 is 0. The first-order chi connectivity index (χ1) is 14.4. The molecule has 4 aromatic rings. The normalized spacial score (nSPS) is 17.2. The third-order valence-corrected chi connectivity index (χ3v) is 5.34. The van der Waals surface area contributed by atoms with Crippen LogP contribution >= 0.6 is 0 Å². The minimum Gasteiger partial charge on any atom is -0.395 e. The summed E-state index contributed by atoms with van der Waals surface area (Å²) in [6, 6.07) is 7.83. The number of rotatable bonds is 2. The van der Waals surface area contributed by atoms with Crippen molar-refractivity contribution < 1.29 is 22.6 Å². The number of fused-ring (bicyclic) bond motifs is 6. The second-order valence-corrected chi connectivity index (χ2v) is 7.44. The van der Waals surface area contributed by atoms with Gasteiger partial charge in [0.05, 0.1) is 6.54 Å². The van der Waals surface area contributed by atoms with Crippen molar-refractivity contribution in [1.29, 1.82) is 0 Å². The van der Waals surface area contributed by atoms with Crippen molar-refractivity contribution in [2.45, 2.75) is 32.9 Å². The van der Waals surface area contributed by atoms with Crippen LogP contribution in [-0.4, -0.2) is 30.8 Å². The minimum atomic E-state index is -3.72. The topological polar surface area (TPSA) is 64.8 Å². The maximum atomic E-state index is 13.5. The maximum absolute atomic E-state index is 13.5. The van der Waals surface area contributed by atoms with Gasteiger partial charge >= 0.3 is 6.29 Å². The van der Waals surface area contributed by atoms with Gasteiger partial charge in [-0.05, 0) is 42.3 Å². The second-order valence-electron chi connectivity index (χ2n) is 7.44. The lowest BCUT2D eigenvalue weighted by Gasteiger charge is -2.11. The first-order valence-corrected chi connectivity index (χ1v) is 9.31.